The summed E-state index contributed by atoms with van der Waals surface area (Å²) in [6, 6.07) is 14.7. The summed E-state index contributed by atoms with van der Waals surface area (Å²) >= 11 is 0. The van der Waals surface area contributed by atoms with Crippen LogP contribution in [-0.4, -0.2) is 48.8 Å². The highest BCUT2D eigenvalue weighted by Crippen LogP contribution is 2.34. The second-order valence-corrected chi connectivity index (χ2v) is 8.33. The number of nitrogens with one attached hydrogen (secondary N) is 1. The van der Waals surface area contributed by atoms with Gasteiger partial charge in [0, 0.05) is 37.3 Å². The Bertz CT molecular complexity index is 840. The van der Waals surface area contributed by atoms with Gasteiger partial charge in [0.05, 0.1) is 6.61 Å². The van der Waals surface area contributed by atoms with Crippen molar-refractivity contribution >= 4 is 11.7 Å². The molecule has 0 aromatic heterocycles. The van der Waals surface area contributed by atoms with Gasteiger partial charge in [-0.05, 0) is 61.2 Å². The summed E-state index contributed by atoms with van der Waals surface area (Å²) in [7, 11) is 0. The maximum atomic E-state index is 13.2. The fraction of sp³-hybridized carbons (Fsp3) is 0.435. The van der Waals surface area contributed by atoms with Crippen LogP contribution < -0.4 is 10.2 Å². The third kappa shape index (κ3) is 4.60. The van der Waals surface area contributed by atoms with Crippen molar-refractivity contribution in [3.8, 4) is 0 Å². The number of rotatable bonds is 6. The van der Waals surface area contributed by atoms with Crippen molar-refractivity contribution in [2.24, 2.45) is 5.41 Å². The molecule has 0 bridgehead atoms. The lowest BCUT2D eigenvalue weighted by atomic mass is 9.75. The van der Waals surface area contributed by atoms with E-state index in [9.17, 15) is 14.3 Å². The summed E-state index contributed by atoms with van der Waals surface area (Å²) in [5, 5.41) is 13.0. The van der Waals surface area contributed by atoms with Gasteiger partial charge in [0.2, 0.25) is 0 Å². The van der Waals surface area contributed by atoms with E-state index >= 15 is 0 Å². The van der Waals surface area contributed by atoms with E-state index in [4.69, 9.17) is 0 Å². The standard InChI is InChI=1S/C23H28FN3O2/c24-20-6-2-18(3-7-20)14-23(17-28)10-1-12-26(16-23)15-19-4-8-21(9-5-19)27-13-11-25-22(27)29/h2-9,28H,1,10-17H2,(H,25,29). The molecule has 2 aliphatic heterocycles. The van der Waals surface area contributed by atoms with Crippen LogP contribution in [0.25, 0.3) is 0 Å². The van der Waals surface area contributed by atoms with Gasteiger partial charge in [0.1, 0.15) is 5.82 Å². The van der Waals surface area contributed by atoms with E-state index in [2.05, 4.69) is 22.3 Å². The van der Waals surface area contributed by atoms with Gasteiger partial charge in [-0.3, -0.25) is 9.80 Å². The Morgan fingerprint density at radius 2 is 1.76 bits per heavy atom. The van der Waals surface area contributed by atoms with Gasteiger partial charge in [-0.1, -0.05) is 24.3 Å². The number of amides is 2. The average molecular weight is 397 g/mol. The quantitative estimate of drug-likeness (QED) is 0.787. The molecule has 6 heteroatoms. The number of carbonyl (C=O) groups is 1. The predicted octanol–water partition coefficient (Wildman–Crippen LogP) is 3.17. The van der Waals surface area contributed by atoms with Crippen molar-refractivity contribution in [2.45, 2.75) is 25.8 Å². The van der Waals surface area contributed by atoms with Crippen LogP contribution in [0.5, 0.6) is 0 Å². The van der Waals surface area contributed by atoms with Crippen LogP contribution in [0, 0.1) is 11.2 Å². The first kappa shape index (κ1) is 19.9. The first-order valence-electron chi connectivity index (χ1n) is 10.3. The number of aliphatic hydroxyl groups is 1. The van der Waals surface area contributed by atoms with Crippen LogP contribution >= 0.6 is 0 Å². The second-order valence-electron chi connectivity index (χ2n) is 8.33. The zero-order chi connectivity index (χ0) is 20.3. The molecular weight excluding hydrogens is 369 g/mol. The number of halogens is 1. The predicted molar refractivity (Wildman–Crippen MR) is 111 cm³/mol. The van der Waals surface area contributed by atoms with Crippen molar-refractivity contribution in [3.63, 3.8) is 0 Å². The molecule has 2 heterocycles. The molecule has 2 aromatic carbocycles. The smallest absolute Gasteiger partial charge is 0.321 e. The average Bonchev–Trinajstić information content (AvgIpc) is 3.16. The Balaban J connectivity index is 1.41. The molecule has 2 aromatic rings. The van der Waals surface area contributed by atoms with Crippen LogP contribution in [-0.2, 0) is 13.0 Å². The fourth-order valence-corrected chi connectivity index (χ4v) is 4.57. The summed E-state index contributed by atoms with van der Waals surface area (Å²) in [6.07, 6.45) is 2.76. The number of nitrogens with zero attached hydrogens (tertiary/aromatic N) is 2. The maximum Gasteiger partial charge on any atom is 0.321 e. The number of urea groups is 1. The number of benzene rings is 2. The lowest BCUT2D eigenvalue weighted by Gasteiger charge is -2.42. The maximum absolute atomic E-state index is 13.2. The van der Waals surface area contributed by atoms with Crippen LogP contribution in [0.1, 0.15) is 24.0 Å². The highest BCUT2D eigenvalue weighted by atomic mass is 19.1. The number of carbonyl (C=O) groups excluding carboxylic acids is 1. The van der Waals surface area contributed by atoms with Crippen molar-refractivity contribution in [1.29, 1.82) is 0 Å². The monoisotopic (exact) mass is 397 g/mol. The minimum atomic E-state index is -0.230. The molecule has 2 fully saturated rings. The molecule has 29 heavy (non-hydrogen) atoms. The summed E-state index contributed by atoms with van der Waals surface area (Å²) < 4.78 is 13.2. The summed E-state index contributed by atoms with van der Waals surface area (Å²) in [6.45, 7) is 4.15. The van der Waals surface area contributed by atoms with E-state index in [-0.39, 0.29) is 23.9 Å². The van der Waals surface area contributed by atoms with E-state index in [0.717, 1.165) is 50.1 Å². The Morgan fingerprint density at radius 1 is 1.03 bits per heavy atom. The lowest BCUT2D eigenvalue weighted by Crippen LogP contribution is -2.46. The molecule has 5 nitrogen and oxygen atoms in total. The molecule has 2 N–H and O–H groups in total. The molecule has 0 radical (unpaired) electrons. The first-order chi connectivity index (χ1) is 14.1. The molecule has 2 saturated heterocycles. The van der Waals surface area contributed by atoms with Crippen molar-refractivity contribution in [2.75, 3.05) is 37.7 Å². The Hall–Kier alpha value is -2.44. The summed E-state index contributed by atoms with van der Waals surface area (Å²) in [4.78, 5) is 16.0. The molecule has 154 valence electrons. The van der Waals surface area contributed by atoms with Gasteiger partial charge in [-0.2, -0.15) is 0 Å². The molecule has 0 saturated carbocycles. The van der Waals surface area contributed by atoms with Crippen LogP contribution in [0.3, 0.4) is 0 Å². The molecule has 2 aliphatic rings. The number of hydrogen-bond donors (Lipinski definition) is 2. The van der Waals surface area contributed by atoms with E-state index in [1.807, 2.05) is 24.3 Å². The number of hydrogen-bond acceptors (Lipinski definition) is 3. The lowest BCUT2D eigenvalue weighted by molar-refractivity contribution is 0.0288. The summed E-state index contributed by atoms with van der Waals surface area (Å²) in [5.74, 6) is -0.230. The molecule has 0 aliphatic carbocycles. The van der Waals surface area contributed by atoms with Crippen LogP contribution in [0.4, 0.5) is 14.9 Å². The van der Waals surface area contributed by atoms with Gasteiger partial charge in [-0.15, -0.1) is 0 Å². The molecule has 0 spiro atoms. The minimum Gasteiger partial charge on any atom is -0.396 e. The zero-order valence-electron chi connectivity index (χ0n) is 16.6. The topological polar surface area (TPSA) is 55.8 Å². The van der Waals surface area contributed by atoms with Gasteiger partial charge in [0.15, 0.2) is 0 Å². The number of anilines is 1. The SMILES string of the molecule is O=C1NCCN1c1ccc(CN2CCCC(CO)(Cc3ccc(F)cc3)C2)cc1. The third-order valence-electron chi connectivity index (χ3n) is 6.08. The van der Waals surface area contributed by atoms with Gasteiger partial charge >= 0.3 is 6.03 Å². The molecular formula is C23H28FN3O2. The van der Waals surface area contributed by atoms with Crippen molar-refractivity contribution in [3.05, 3.63) is 65.5 Å². The van der Waals surface area contributed by atoms with E-state index in [1.54, 1.807) is 4.90 Å². The third-order valence-corrected chi connectivity index (χ3v) is 6.08. The number of piperidine rings is 1. The first-order valence-corrected chi connectivity index (χ1v) is 10.3. The largest absolute Gasteiger partial charge is 0.396 e. The Labute approximate surface area is 171 Å². The Morgan fingerprint density at radius 3 is 2.41 bits per heavy atom. The van der Waals surface area contributed by atoms with E-state index < -0.39 is 0 Å². The van der Waals surface area contributed by atoms with Crippen LogP contribution in [0.15, 0.2) is 48.5 Å². The van der Waals surface area contributed by atoms with Crippen molar-refractivity contribution < 1.29 is 14.3 Å². The highest BCUT2D eigenvalue weighted by molar-refractivity contribution is 5.93. The molecule has 1 unspecified atom stereocenters. The normalized spacial score (nSPS) is 22.7. The zero-order valence-corrected chi connectivity index (χ0v) is 16.6. The van der Waals surface area contributed by atoms with E-state index in [1.165, 1.54) is 17.7 Å². The summed E-state index contributed by atoms with van der Waals surface area (Å²) in [5.41, 5.74) is 2.99. The number of likely N-dealkylation sites (tertiary alicyclic amines) is 1. The van der Waals surface area contributed by atoms with Gasteiger partial charge < -0.3 is 10.4 Å². The molecule has 2 amide bonds. The van der Waals surface area contributed by atoms with Crippen molar-refractivity contribution in [1.82, 2.24) is 10.2 Å². The second kappa shape index (κ2) is 8.51. The highest BCUT2D eigenvalue weighted by Gasteiger charge is 2.35. The number of aliphatic hydroxyl groups excluding tert-OH is 1. The minimum absolute atomic E-state index is 0.0395. The van der Waals surface area contributed by atoms with Gasteiger partial charge in [-0.25, -0.2) is 9.18 Å². The molecule has 1 atom stereocenters. The van der Waals surface area contributed by atoms with Crippen LogP contribution in [0.2, 0.25) is 0 Å². The van der Waals surface area contributed by atoms with E-state index in [0.29, 0.717) is 13.1 Å². The van der Waals surface area contributed by atoms with Gasteiger partial charge in [0.25, 0.3) is 0 Å². The molecule has 4 rings (SSSR count). The fourth-order valence-electron chi connectivity index (χ4n) is 4.57. The Kier molecular flexibility index (Phi) is 5.83.